The maximum Gasteiger partial charge on any atom is 0.287 e. The van der Waals surface area contributed by atoms with Gasteiger partial charge in [-0.25, -0.2) is 0 Å². The minimum Gasteiger partial charge on any atom is -0.486 e. The van der Waals surface area contributed by atoms with E-state index >= 15 is 0 Å². The summed E-state index contributed by atoms with van der Waals surface area (Å²) in [5.74, 6) is 2.20. The molecule has 4 nitrogen and oxygen atoms in total. The molecule has 0 bridgehead atoms. The van der Waals surface area contributed by atoms with Gasteiger partial charge in [0.1, 0.15) is 18.1 Å². The quantitative estimate of drug-likeness (QED) is 0.703. The predicted molar refractivity (Wildman–Crippen MR) is 103 cm³/mol. The van der Waals surface area contributed by atoms with Crippen molar-refractivity contribution in [2.45, 2.75) is 70.9 Å². The van der Waals surface area contributed by atoms with Crippen LogP contribution in [0.3, 0.4) is 0 Å². The summed E-state index contributed by atoms with van der Waals surface area (Å²) in [6, 6.07) is 11.9. The molecule has 4 heteroatoms. The second kappa shape index (κ2) is 8.93. The second-order valence-electron chi connectivity index (χ2n) is 7.44. The Bertz CT molecular complexity index is 694. The molecule has 0 aliphatic heterocycles. The first kappa shape index (κ1) is 18.6. The van der Waals surface area contributed by atoms with E-state index in [1.807, 2.05) is 18.2 Å². The third kappa shape index (κ3) is 5.13. The van der Waals surface area contributed by atoms with Crippen molar-refractivity contribution < 1.29 is 13.9 Å². The van der Waals surface area contributed by atoms with Gasteiger partial charge in [-0.2, -0.15) is 0 Å². The van der Waals surface area contributed by atoms with E-state index in [4.69, 9.17) is 9.15 Å². The molecule has 0 radical (unpaired) electrons. The van der Waals surface area contributed by atoms with Crippen LogP contribution in [0, 0.1) is 0 Å². The van der Waals surface area contributed by atoms with Crippen molar-refractivity contribution in [3.05, 3.63) is 53.5 Å². The van der Waals surface area contributed by atoms with Gasteiger partial charge in [0.2, 0.25) is 0 Å². The predicted octanol–water partition coefficient (Wildman–Crippen LogP) is 5.43. The number of benzene rings is 1. The Hall–Kier alpha value is -2.23. The second-order valence-corrected chi connectivity index (χ2v) is 7.44. The van der Waals surface area contributed by atoms with Gasteiger partial charge < -0.3 is 14.5 Å². The molecule has 0 spiro atoms. The molecule has 1 heterocycles. The number of hydrogen-bond acceptors (Lipinski definition) is 3. The molecule has 1 aromatic carbocycles. The summed E-state index contributed by atoms with van der Waals surface area (Å²) >= 11 is 0. The van der Waals surface area contributed by atoms with Crippen LogP contribution in [0.4, 0.5) is 0 Å². The monoisotopic (exact) mass is 355 g/mol. The van der Waals surface area contributed by atoms with Crippen molar-refractivity contribution in [2.75, 3.05) is 0 Å². The highest BCUT2D eigenvalue weighted by Gasteiger charge is 2.18. The third-order valence-electron chi connectivity index (χ3n) is 5.00. The summed E-state index contributed by atoms with van der Waals surface area (Å²) in [6.45, 7) is 4.65. The molecular weight excluding hydrogens is 326 g/mol. The summed E-state index contributed by atoms with van der Waals surface area (Å²) < 4.78 is 11.4. The van der Waals surface area contributed by atoms with Crippen LogP contribution in [0.25, 0.3) is 0 Å². The van der Waals surface area contributed by atoms with Gasteiger partial charge in [-0.1, -0.05) is 51.7 Å². The fourth-order valence-corrected chi connectivity index (χ4v) is 3.36. The highest BCUT2D eigenvalue weighted by Crippen LogP contribution is 2.21. The maximum atomic E-state index is 12.4. The Morgan fingerprint density at radius 3 is 2.42 bits per heavy atom. The Balaban J connectivity index is 1.51. The molecule has 0 unspecified atom stereocenters. The molecule has 1 N–H and O–H groups in total. The summed E-state index contributed by atoms with van der Waals surface area (Å²) in [5.41, 5.74) is 1.29. The molecule has 2 aromatic rings. The topological polar surface area (TPSA) is 51.5 Å². The van der Waals surface area contributed by atoms with E-state index < -0.39 is 0 Å². The molecule has 1 aliphatic carbocycles. The third-order valence-corrected chi connectivity index (χ3v) is 5.00. The summed E-state index contributed by atoms with van der Waals surface area (Å²) in [6.07, 6.45) is 7.05. The minimum absolute atomic E-state index is 0.121. The van der Waals surface area contributed by atoms with E-state index in [1.54, 1.807) is 6.07 Å². The SMILES string of the molecule is CC(C)c1ccc(OCc2ccc(C(=O)NC3CCCCCC3)o2)cc1. The zero-order valence-electron chi connectivity index (χ0n) is 15.8. The summed E-state index contributed by atoms with van der Waals surface area (Å²) in [7, 11) is 0. The fraction of sp³-hybridized carbons (Fsp3) is 0.500. The van der Waals surface area contributed by atoms with Crippen LogP contribution in [0.5, 0.6) is 5.75 Å². The number of hydrogen-bond donors (Lipinski definition) is 1. The van der Waals surface area contributed by atoms with Crippen LogP contribution in [-0.2, 0) is 6.61 Å². The summed E-state index contributed by atoms with van der Waals surface area (Å²) in [5, 5.41) is 3.11. The van der Waals surface area contributed by atoms with Gasteiger partial charge in [-0.15, -0.1) is 0 Å². The van der Waals surface area contributed by atoms with Gasteiger partial charge in [0.15, 0.2) is 5.76 Å². The average Bonchev–Trinajstić information content (AvgIpc) is 2.98. The van der Waals surface area contributed by atoms with E-state index in [9.17, 15) is 4.79 Å². The van der Waals surface area contributed by atoms with Crippen molar-refractivity contribution >= 4 is 5.91 Å². The zero-order valence-corrected chi connectivity index (χ0v) is 15.8. The van der Waals surface area contributed by atoms with Crippen LogP contribution in [0.15, 0.2) is 40.8 Å². The molecular formula is C22H29NO3. The normalized spacial score (nSPS) is 15.7. The van der Waals surface area contributed by atoms with Gasteiger partial charge in [-0.05, 0) is 48.6 Å². The average molecular weight is 355 g/mol. The Morgan fingerprint density at radius 1 is 1.08 bits per heavy atom. The van der Waals surface area contributed by atoms with Crippen LogP contribution in [0.2, 0.25) is 0 Å². The largest absolute Gasteiger partial charge is 0.486 e. The van der Waals surface area contributed by atoms with Crippen molar-refractivity contribution in [2.24, 2.45) is 0 Å². The van der Waals surface area contributed by atoms with E-state index in [0.29, 0.717) is 24.0 Å². The molecule has 0 atom stereocenters. The van der Waals surface area contributed by atoms with Gasteiger partial charge in [0.05, 0.1) is 0 Å². The number of ether oxygens (including phenoxy) is 1. The van der Waals surface area contributed by atoms with Gasteiger partial charge in [0.25, 0.3) is 5.91 Å². The number of rotatable bonds is 6. The van der Waals surface area contributed by atoms with Crippen molar-refractivity contribution in [1.29, 1.82) is 0 Å². The van der Waals surface area contributed by atoms with E-state index in [1.165, 1.54) is 31.2 Å². The lowest BCUT2D eigenvalue weighted by molar-refractivity contribution is 0.0901. The number of carbonyl (C=O) groups is 1. The lowest BCUT2D eigenvalue weighted by Gasteiger charge is -2.15. The first-order valence-electron chi connectivity index (χ1n) is 9.74. The number of amides is 1. The molecule has 1 aromatic heterocycles. The number of furan rings is 1. The standard InChI is InChI=1S/C22H29NO3/c1-16(2)17-9-11-19(12-10-17)25-15-20-13-14-21(26-20)22(24)23-18-7-5-3-4-6-8-18/h9-14,16,18H,3-8,15H2,1-2H3,(H,23,24). The molecule has 1 amide bonds. The zero-order chi connectivity index (χ0) is 18.4. The minimum atomic E-state index is -0.121. The molecule has 140 valence electrons. The summed E-state index contributed by atoms with van der Waals surface area (Å²) in [4.78, 5) is 12.4. The van der Waals surface area contributed by atoms with Gasteiger partial charge >= 0.3 is 0 Å². The molecule has 3 rings (SSSR count). The van der Waals surface area contributed by atoms with E-state index in [-0.39, 0.29) is 11.9 Å². The number of carbonyl (C=O) groups excluding carboxylic acids is 1. The van der Waals surface area contributed by atoms with Crippen LogP contribution < -0.4 is 10.1 Å². The van der Waals surface area contributed by atoms with Gasteiger partial charge in [-0.3, -0.25) is 4.79 Å². The molecule has 26 heavy (non-hydrogen) atoms. The lowest BCUT2D eigenvalue weighted by atomic mass is 10.0. The number of nitrogens with one attached hydrogen (secondary N) is 1. The van der Waals surface area contributed by atoms with Crippen LogP contribution >= 0.6 is 0 Å². The van der Waals surface area contributed by atoms with Crippen molar-refractivity contribution in [1.82, 2.24) is 5.32 Å². The van der Waals surface area contributed by atoms with E-state index in [0.717, 1.165) is 18.6 Å². The Morgan fingerprint density at radius 2 is 1.77 bits per heavy atom. The highest BCUT2D eigenvalue weighted by atomic mass is 16.5. The first-order chi connectivity index (χ1) is 12.6. The van der Waals surface area contributed by atoms with E-state index in [2.05, 4.69) is 31.3 Å². The Kier molecular flexibility index (Phi) is 6.37. The molecule has 0 saturated heterocycles. The van der Waals surface area contributed by atoms with Crippen molar-refractivity contribution in [3.8, 4) is 5.75 Å². The van der Waals surface area contributed by atoms with Crippen LogP contribution in [0.1, 0.15) is 80.2 Å². The lowest BCUT2D eigenvalue weighted by Crippen LogP contribution is -2.34. The Labute approximate surface area is 155 Å². The van der Waals surface area contributed by atoms with Crippen LogP contribution in [-0.4, -0.2) is 11.9 Å². The molecule has 1 fully saturated rings. The smallest absolute Gasteiger partial charge is 0.287 e. The fourth-order valence-electron chi connectivity index (χ4n) is 3.36. The first-order valence-corrected chi connectivity index (χ1v) is 9.74. The molecule has 1 aliphatic rings. The molecule has 1 saturated carbocycles. The van der Waals surface area contributed by atoms with Gasteiger partial charge in [0, 0.05) is 6.04 Å². The van der Waals surface area contributed by atoms with Crippen molar-refractivity contribution in [3.63, 3.8) is 0 Å². The maximum absolute atomic E-state index is 12.4. The highest BCUT2D eigenvalue weighted by molar-refractivity contribution is 5.91.